The van der Waals surface area contributed by atoms with Crippen molar-refractivity contribution < 1.29 is 13.2 Å². The van der Waals surface area contributed by atoms with Crippen LogP contribution in [0.4, 0.5) is 0 Å². The largest absolute Gasteiger partial charge is 0.268 e. The van der Waals surface area contributed by atoms with E-state index in [0.717, 1.165) is 0 Å². The Morgan fingerprint density at radius 3 is 2.64 bits per heavy atom. The highest BCUT2D eigenvalue weighted by Crippen LogP contribution is 2.34. The average Bonchev–Trinajstić information content (AvgIpc) is 2.29. The van der Waals surface area contributed by atoms with E-state index in [0.29, 0.717) is 4.47 Å². The molecular formula is C7H3BrClNO3S. The number of hydrogen-bond donors (Lipinski definition) is 1. The molecule has 7 heteroatoms. The van der Waals surface area contributed by atoms with Crippen LogP contribution < -0.4 is 4.72 Å². The molecule has 1 amide bonds. The van der Waals surface area contributed by atoms with Crippen molar-refractivity contribution in [3.8, 4) is 0 Å². The number of carbonyl (C=O) groups excluding carboxylic acids is 1. The predicted octanol–water partition coefficient (Wildman–Crippen LogP) is 1.53. The van der Waals surface area contributed by atoms with Crippen molar-refractivity contribution in [3.63, 3.8) is 0 Å². The van der Waals surface area contributed by atoms with E-state index >= 15 is 0 Å². The number of halogens is 2. The number of benzene rings is 1. The number of hydrogen-bond acceptors (Lipinski definition) is 3. The van der Waals surface area contributed by atoms with Crippen molar-refractivity contribution in [1.82, 2.24) is 4.72 Å². The van der Waals surface area contributed by atoms with Crippen LogP contribution in [-0.4, -0.2) is 14.3 Å². The fourth-order valence-corrected chi connectivity index (χ4v) is 3.00. The lowest BCUT2D eigenvalue weighted by molar-refractivity contribution is 0.0985. The minimum absolute atomic E-state index is 0.000965. The summed E-state index contributed by atoms with van der Waals surface area (Å²) in [7, 11) is -3.70. The van der Waals surface area contributed by atoms with E-state index in [2.05, 4.69) is 15.9 Å². The Bertz CT molecular complexity index is 540. The van der Waals surface area contributed by atoms with Crippen LogP contribution in [-0.2, 0) is 10.0 Å². The lowest BCUT2D eigenvalue weighted by Gasteiger charge is -1.99. The van der Waals surface area contributed by atoms with Gasteiger partial charge < -0.3 is 0 Å². The molecule has 0 bridgehead atoms. The monoisotopic (exact) mass is 295 g/mol. The smallest absolute Gasteiger partial charge is 0.267 e. The van der Waals surface area contributed by atoms with Crippen LogP contribution in [0.2, 0.25) is 5.02 Å². The lowest BCUT2D eigenvalue weighted by Crippen LogP contribution is -2.20. The summed E-state index contributed by atoms with van der Waals surface area (Å²) in [5, 5.41) is 0.112. The first-order valence-corrected chi connectivity index (χ1v) is 6.14. The van der Waals surface area contributed by atoms with E-state index < -0.39 is 15.9 Å². The van der Waals surface area contributed by atoms with Gasteiger partial charge in [0.25, 0.3) is 15.9 Å². The molecule has 0 saturated heterocycles. The second kappa shape index (κ2) is 2.95. The normalized spacial score (nSPS) is 17.7. The van der Waals surface area contributed by atoms with Crippen molar-refractivity contribution >= 4 is 43.5 Å². The van der Waals surface area contributed by atoms with Gasteiger partial charge in [-0.25, -0.2) is 13.1 Å². The first kappa shape index (κ1) is 9.95. The standard InChI is InChI=1S/C7H3BrClNO3S/c8-3-1-2-4-5(6(3)9)7(11)10-14(4,12)13/h1-2H,(H,10,11). The molecule has 1 aliphatic heterocycles. The summed E-state index contributed by atoms with van der Waals surface area (Å²) >= 11 is 8.90. The molecule has 0 atom stereocenters. The quantitative estimate of drug-likeness (QED) is 0.790. The Kier molecular flexibility index (Phi) is 2.09. The summed E-state index contributed by atoms with van der Waals surface area (Å²) in [4.78, 5) is 11.2. The maximum absolute atomic E-state index is 11.3. The minimum atomic E-state index is -3.70. The highest BCUT2D eigenvalue weighted by Gasteiger charge is 2.34. The van der Waals surface area contributed by atoms with E-state index in [1.807, 2.05) is 4.72 Å². The van der Waals surface area contributed by atoms with Gasteiger partial charge in [-0.05, 0) is 28.1 Å². The van der Waals surface area contributed by atoms with E-state index in [9.17, 15) is 13.2 Å². The number of fused-ring (bicyclic) bond motifs is 1. The molecule has 1 aromatic rings. The molecule has 0 unspecified atom stereocenters. The van der Waals surface area contributed by atoms with E-state index in [-0.39, 0.29) is 15.5 Å². The van der Waals surface area contributed by atoms with Gasteiger partial charge >= 0.3 is 0 Å². The Morgan fingerprint density at radius 1 is 1.36 bits per heavy atom. The predicted molar refractivity (Wildman–Crippen MR) is 53.8 cm³/mol. The van der Waals surface area contributed by atoms with Gasteiger partial charge in [-0.1, -0.05) is 11.6 Å². The molecule has 2 rings (SSSR count). The molecule has 1 heterocycles. The number of rotatable bonds is 0. The molecule has 0 saturated carbocycles. The van der Waals surface area contributed by atoms with Gasteiger partial charge in [0.1, 0.15) is 4.90 Å². The Morgan fingerprint density at radius 2 is 2.00 bits per heavy atom. The summed E-state index contributed by atoms with van der Waals surface area (Å²) in [6.07, 6.45) is 0. The molecule has 1 aromatic carbocycles. The summed E-state index contributed by atoms with van der Waals surface area (Å²) in [6, 6.07) is 2.82. The second-order valence-electron chi connectivity index (χ2n) is 2.67. The molecule has 1 aliphatic rings. The number of amides is 1. The zero-order chi connectivity index (χ0) is 10.5. The second-order valence-corrected chi connectivity index (χ2v) is 5.55. The average molecular weight is 297 g/mol. The summed E-state index contributed by atoms with van der Waals surface area (Å²) in [5.74, 6) is -0.689. The summed E-state index contributed by atoms with van der Waals surface area (Å²) < 4.78 is 25.0. The lowest BCUT2D eigenvalue weighted by atomic mass is 10.2. The fraction of sp³-hybridized carbons (Fsp3) is 0. The Labute approximate surface area is 93.4 Å². The molecule has 1 N–H and O–H groups in total. The zero-order valence-electron chi connectivity index (χ0n) is 6.54. The molecule has 0 aliphatic carbocycles. The van der Waals surface area contributed by atoms with Crippen LogP contribution in [0.3, 0.4) is 0 Å². The molecule has 0 aromatic heterocycles. The van der Waals surface area contributed by atoms with Gasteiger partial charge in [-0.3, -0.25) is 4.79 Å². The third-order valence-corrected chi connectivity index (χ3v) is 4.46. The van der Waals surface area contributed by atoms with Gasteiger partial charge in [-0.15, -0.1) is 0 Å². The van der Waals surface area contributed by atoms with Gasteiger partial charge in [0.05, 0.1) is 10.6 Å². The van der Waals surface area contributed by atoms with E-state index in [4.69, 9.17) is 11.6 Å². The van der Waals surface area contributed by atoms with Crippen LogP contribution in [0, 0.1) is 0 Å². The van der Waals surface area contributed by atoms with Crippen LogP contribution in [0.5, 0.6) is 0 Å². The van der Waals surface area contributed by atoms with E-state index in [1.165, 1.54) is 12.1 Å². The molecule has 14 heavy (non-hydrogen) atoms. The van der Waals surface area contributed by atoms with Crippen molar-refractivity contribution in [2.45, 2.75) is 4.90 Å². The van der Waals surface area contributed by atoms with Gasteiger partial charge in [0.2, 0.25) is 0 Å². The van der Waals surface area contributed by atoms with Crippen LogP contribution in [0.25, 0.3) is 0 Å². The van der Waals surface area contributed by atoms with Gasteiger partial charge in [0.15, 0.2) is 0 Å². The molecule has 0 spiro atoms. The topological polar surface area (TPSA) is 63.2 Å². The van der Waals surface area contributed by atoms with Crippen LogP contribution in [0.1, 0.15) is 10.4 Å². The van der Waals surface area contributed by atoms with Crippen molar-refractivity contribution in [1.29, 1.82) is 0 Å². The number of sulfonamides is 1. The highest BCUT2D eigenvalue weighted by molar-refractivity contribution is 9.10. The maximum Gasteiger partial charge on any atom is 0.267 e. The summed E-state index contributed by atoms with van der Waals surface area (Å²) in [6.45, 7) is 0. The maximum atomic E-state index is 11.3. The molecule has 0 radical (unpaired) electrons. The molecule has 4 nitrogen and oxygen atoms in total. The highest BCUT2D eigenvalue weighted by atomic mass is 79.9. The fourth-order valence-electron chi connectivity index (χ4n) is 1.20. The number of nitrogens with one attached hydrogen (secondary N) is 1. The van der Waals surface area contributed by atoms with Crippen LogP contribution in [0.15, 0.2) is 21.5 Å². The number of carbonyl (C=O) groups is 1. The zero-order valence-corrected chi connectivity index (χ0v) is 9.70. The third kappa shape index (κ3) is 1.25. The van der Waals surface area contributed by atoms with Crippen molar-refractivity contribution in [2.24, 2.45) is 0 Å². The van der Waals surface area contributed by atoms with E-state index in [1.54, 1.807) is 0 Å². The molecule has 74 valence electrons. The Balaban J connectivity index is 2.89. The van der Waals surface area contributed by atoms with Crippen molar-refractivity contribution in [2.75, 3.05) is 0 Å². The molecular weight excluding hydrogens is 294 g/mol. The minimum Gasteiger partial charge on any atom is -0.268 e. The Hall–Kier alpha value is -0.590. The van der Waals surface area contributed by atoms with Crippen LogP contribution >= 0.6 is 27.5 Å². The molecule has 0 fully saturated rings. The summed E-state index contributed by atoms with van der Waals surface area (Å²) in [5.41, 5.74) is 0.000965. The first-order valence-electron chi connectivity index (χ1n) is 3.48. The first-order chi connectivity index (χ1) is 6.43. The van der Waals surface area contributed by atoms with Crippen molar-refractivity contribution in [3.05, 3.63) is 27.2 Å². The van der Waals surface area contributed by atoms with Gasteiger partial charge in [-0.2, -0.15) is 0 Å². The van der Waals surface area contributed by atoms with Gasteiger partial charge in [0, 0.05) is 4.47 Å². The third-order valence-electron chi connectivity index (χ3n) is 1.80. The SMILES string of the molecule is O=C1NS(=O)(=O)c2ccc(Br)c(Cl)c21.